The molecule has 1 aliphatic heterocycles. The predicted molar refractivity (Wildman–Crippen MR) is 98.4 cm³/mol. The first-order valence-corrected chi connectivity index (χ1v) is 9.61. The Hall–Kier alpha value is -3.49. The van der Waals surface area contributed by atoms with Crippen molar-refractivity contribution >= 4 is 5.91 Å². The van der Waals surface area contributed by atoms with Gasteiger partial charge in [0.25, 0.3) is 0 Å². The summed E-state index contributed by atoms with van der Waals surface area (Å²) in [5.74, 6) is -5.40. The van der Waals surface area contributed by atoms with E-state index in [1.165, 1.54) is 4.90 Å². The first kappa shape index (κ1) is 22.7. The molecule has 0 bridgehead atoms. The third kappa shape index (κ3) is 4.53. The molecule has 3 aromatic rings. The summed E-state index contributed by atoms with van der Waals surface area (Å²) in [5.41, 5.74) is 5.62. The first-order valence-electron chi connectivity index (χ1n) is 9.61. The van der Waals surface area contributed by atoms with Gasteiger partial charge in [-0.25, -0.2) is 18.2 Å². The highest BCUT2D eigenvalue weighted by Crippen LogP contribution is 2.34. The van der Waals surface area contributed by atoms with Crippen molar-refractivity contribution in [2.24, 2.45) is 5.73 Å². The van der Waals surface area contributed by atoms with Crippen LogP contribution < -0.4 is 5.73 Å². The lowest BCUT2D eigenvalue weighted by molar-refractivity contribution is -0.148. The zero-order valence-electron chi connectivity index (χ0n) is 16.7. The fourth-order valence-electron chi connectivity index (χ4n) is 3.67. The third-order valence-electron chi connectivity index (χ3n) is 5.18. The monoisotopic (exact) mass is 474 g/mol. The summed E-state index contributed by atoms with van der Waals surface area (Å²) in [4.78, 5) is 17.6. The van der Waals surface area contributed by atoms with Crippen molar-refractivity contribution in [1.29, 1.82) is 0 Å². The highest BCUT2D eigenvalue weighted by molar-refractivity contribution is 5.77. The number of imidazole rings is 1. The standard InChI is InChI=1S/C18H16F6N8O/c19-10-6-12(21)11(20)4-8(10)3-9(25)5-14(33)31-1-2-32-13(7-31)15(16-27-29-30-28-16)26-17(32)18(22,23)24/h4,6,9H,1-3,5,7,25H2,(H,27,28,29,30)/t9-/m1/s1. The normalized spacial score (nSPS) is 14.9. The van der Waals surface area contributed by atoms with Gasteiger partial charge >= 0.3 is 6.18 Å². The predicted octanol–water partition coefficient (Wildman–Crippen LogP) is 1.80. The van der Waals surface area contributed by atoms with Crippen molar-refractivity contribution in [3.05, 3.63) is 46.7 Å². The van der Waals surface area contributed by atoms with Crippen molar-refractivity contribution in [1.82, 2.24) is 35.1 Å². The molecule has 1 aromatic carbocycles. The van der Waals surface area contributed by atoms with E-state index in [2.05, 4.69) is 25.6 Å². The van der Waals surface area contributed by atoms with Crippen molar-refractivity contribution in [3.63, 3.8) is 0 Å². The van der Waals surface area contributed by atoms with Crippen LogP contribution in [-0.2, 0) is 30.5 Å². The van der Waals surface area contributed by atoms with Crippen LogP contribution in [0.25, 0.3) is 11.5 Å². The third-order valence-corrected chi connectivity index (χ3v) is 5.18. The summed E-state index contributed by atoms with van der Waals surface area (Å²) in [6.07, 6.45) is -5.27. The number of nitrogens with one attached hydrogen (secondary N) is 1. The fraction of sp³-hybridized carbons (Fsp3) is 0.389. The van der Waals surface area contributed by atoms with E-state index >= 15 is 0 Å². The highest BCUT2D eigenvalue weighted by atomic mass is 19.4. The Morgan fingerprint density at radius 3 is 2.55 bits per heavy atom. The quantitative estimate of drug-likeness (QED) is 0.430. The molecular weight excluding hydrogens is 458 g/mol. The van der Waals surface area contributed by atoms with Gasteiger partial charge in [0.2, 0.25) is 17.6 Å². The number of aromatic amines is 1. The van der Waals surface area contributed by atoms with Crippen LogP contribution in [0.15, 0.2) is 12.1 Å². The number of aromatic nitrogens is 6. The largest absolute Gasteiger partial charge is 0.449 e. The molecule has 0 spiro atoms. The van der Waals surface area contributed by atoms with Gasteiger partial charge in [0.15, 0.2) is 11.6 Å². The second-order valence-electron chi connectivity index (χ2n) is 7.46. The number of hydrogen-bond donors (Lipinski definition) is 2. The Labute approximate surface area is 181 Å². The Bertz CT molecular complexity index is 1180. The summed E-state index contributed by atoms with van der Waals surface area (Å²) in [6.45, 7) is -0.463. The second kappa shape index (κ2) is 8.46. The van der Waals surface area contributed by atoms with Gasteiger partial charge in [0, 0.05) is 31.6 Å². The highest BCUT2D eigenvalue weighted by Gasteiger charge is 2.41. The summed E-state index contributed by atoms with van der Waals surface area (Å²) in [6, 6.07) is 0.124. The average molecular weight is 474 g/mol. The maximum atomic E-state index is 13.8. The summed E-state index contributed by atoms with van der Waals surface area (Å²) < 4.78 is 81.5. The van der Waals surface area contributed by atoms with E-state index in [0.29, 0.717) is 12.1 Å². The van der Waals surface area contributed by atoms with Crippen molar-refractivity contribution in [2.45, 2.75) is 38.1 Å². The molecule has 0 fully saturated rings. The number of H-pyrrole nitrogens is 1. The number of hydrogen-bond acceptors (Lipinski definition) is 6. The molecule has 15 heteroatoms. The average Bonchev–Trinajstić information content (AvgIpc) is 3.38. The topological polar surface area (TPSA) is 119 Å². The van der Waals surface area contributed by atoms with Gasteiger partial charge in [0.05, 0.1) is 12.2 Å². The summed E-state index contributed by atoms with van der Waals surface area (Å²) in [5, 5.41) is 12.8. The number of alkyl halides is 3. The van der Waals surface area contributed by atoms with Crippen LogP contribution in [0, 0.1) is 17.5 Å². The van der Waals surface area contributed by atoms with Crippen LogP contribution in [0.4, 0.5) is 26.3 Å². The van der Waals surface area contributed by atoms with E-state index in [1.54, 1.807) is 0 Å². The maximum Gasteiger partial charge on any atom is 0.449 e. The van der Waals surface area contributed by atoms with Gasteiger partial charge in [-0.15, -0.1) is 10.2 Å². The van der Waals surface area contributed by atoms with Crippen LogP contribution in [0.3, 0.4) is 0 Å². The van der Waals surface area contributed by atoms with Gasteiger partial charge in [0.1, 0.15) is 11.5 Å². The summed E-state index contributed by atoms with van der Waals surface area (Å²) >= 11 is 0. The van der Waals surface area contributed by atoms with E-state index in [0.717, 1.165) is 4.57 Å². The molecule has 0 unspecified atom stereocenters. The molecule has 2 aromatic heterocycles. The number of fused-ring (bicyclic) bond motifs is 1. The molecule has 4 rings (SSSR count). The van der Waals surface area contributed by atoms with E-state index in [1.807, 2.05) is 0 Å². The molecule has 3 heterocycles. The Kier molecular flexibility index (Phi) is 5.82. The van der Waals surface area contributed by atoms with E-state index < -0.39 is 41.4 Å². The maximum absolute atomic E-state index is 13.8. The fourth-order valence-corrected chi connectivity index (χ4v) is 3.67. The lowest BCUT2D eigenvalue weighted by atomic mass is 10.0. The van der Waals surface area contributed by atoms with Crippen LogP contribution in [0.2, 0.25) is 0 Å². The van der Waals surface area contributed by atoms with Crippen molar-refractivity contribution < 1.29 is 31.1 Å². The number of tetrazole rings is 1. The summed E-state index contributed by atoms with van der Waals surface area (Å²) in [7, 11) is 0. The molecule has 176 valence electrons. The van der Waals surface area contributed by atoms with E-state index in [9.17, 15) is 31.1 Å². The van der Waals surface area contributed by atoms with Crippen LogP contribution in [0.5, 0.6) is 0 Å². The SMILES string of the molecule is N[C@@H](CC(=O)N1CCn2c(C(F)(F)F)nc(-c3nn[nH]n3)c2C1)Cc1cc(F)c(F)cc1F. The Balaban J connectivity index is 1.51. The van der Waals surface area contributed by atoms with Gasteiger partial charge in [-0.2, -0.15) is 18.4 Å². The zero-order chi connectivity index (χ0) is 23.9. The van der Waals surface area contributed by atoms with Gasteiger partial charge in [-0.1, -0.05) is 0 Å². The number of nitrogens with two attached hydrogens (primary N) is 1. The van der Waals surface area contributed by atoms with E-state index in [4.69, 9.17) is 5.73 Å². The Morgan fingerprint density at radius 2 is 1.88 bits per heavy atom. The van der Waals surface area contributed by atoms with Gasteiger partial charge in [-0.05, 0) is 23.3 Å². The smallest absolute Gasteiger partial charge is 0.335 e. The lowest BCUT2D eigenvalue weighted by Gasteiger charge is -2.30. The lowest BCUT2D eigenvalue weighted by Crippen LogP contribution is -2.42. The number of halogens is 6. The van der Waals surface area contributed by atoms with Crippen LogP contribution in [-0.4, -0.2) is 53.6 Å². The minimum atomic E-state index is -4.74. The Morgan fingerprint density at radius 1 is 1.15 bits per heavy atom. The molecule has 1 aliphatic rings. The zero-order valence-corrected chi connectivity index (χ0v) is 16.7. The number of rotatable bonds is 5. The van der Waals surface area contributed by atoms with Gasteiger partial charge in [-0.3, -0.25) is 4.79 Å². The van der Waals surface area contributed by atoms with E-state index in [-0.39, 0.29) is 55.3 Å². The minimum absolute atomic E-state index is 0.0524. The number of carbonyl (C=O) groups excluding carboxylic acids is 1. The molecule has 0 saturated carbocycles. The second-order valence-corrected chi connectivity index (χ2v) is 7.46. The minimum Gasteiger partial charge on any atom is -0.335 e. The molecule has 0 saturated heterocycles. The number of benzene rings is 1. The molecule has 0 radical (unpaired) electrons. The molecule has 1 amide bonds. The van der Waals surface area contributed by atoms with Gasteiger partial charge < -0.3 is 15.2 Å². The van der Waals surface area contributed by atoms with Crippen molar-refractivity contribution in [2.75, 3.05) is 6.54 Å². The van der Waals surface area contributed by atoms with Crippen LogP contribution in [0.1, 0.15) is 23.5 Å². The molecule has 3 N–H and O–H groups in total. The first-order chi connectivity index (χ1) is 15.5. The van der Waals surface area contributed by atoms with Crippen molar-refractivity contribution in [3.8, 4) is 11.5 Å². The number of amides is 1. The number of nitrogens with zero attached hydrogens (tertiary/aromatic N) is 6. The molecule has 1 atom stereocenters. The molecule has 9 nitrogen and oxygen atoms in total. The van der Waals surface area contributed by atoms with Crippen LogP contribution >= 0.6 is 0 Å². The number of carbonyl (C=O) groups is 1. The molecule has 0 aliphatic carbocycles. The molecular formula is C18H16F6N8O. The molecule has 33 heavy (non-hydrogen) atoms.